The summed E-state index contributed by atoms with van der Waals surface area (Å²) in [4.78, 5) is 15.7. The fourth-order valence-electron chi connectivity index (χ4n) is 1.09. The molecule has 8 heteroatoms. The van der Waals surface area contributed by atoms with Crippen molar-refractivity contribution in [1.29, 1.82) is 0 Å². The first-order chi connectivity index (χ1) is 7.78. The summed E-state index contributed by atoms with van der Waals surface area (Å²) in [5.74, 6) is -0.190. The molecule has 0 bridgehead atoms. The quantitative estimate of drug-likeness (QED) is 0.829. The van der Waals surface area contributed by atoms with Gasteiger partial charge in [-0.2, -0.15) is 0 Å². The van der Waals surface area contributed by atoms with Gasteiger partial charge in [-0.1, -0.05) is 6.92 Å². The van der Waals surface area contributed by atoms with E-state index in [0.717, 1.165) is 12.1 Å². The van der Waals surface area contributed by atoms with Crippen LogP contribution >= 0.6 is 11.3 Å². The highest BCUT2D eigenvalue weighted by Gasteiger charge is 2.07. The summed E-state index contributed by atoms with van der Waals surface area (Å²) in [5.41, 5.74) is 0.975. The first-order valence-corrected chi connectivity index (χ1v) is 5.61. The molecule has 0 fully saturated rings. The Morgan fingerprint density at radius 3 is 3.12 bits per heavy atom. The van der Waals surface area contributed by atoms with Gasteiger partial charge in [-0.15, -0.1) is 16.4 Å². The maximum atomic E-state index is 11.5. The van der Waals surface area contributed by atoms with Gasteiger partial charge in [-0.3, -0.25) is 4.79 Å². The molecular formula is C8H10N6OS. The smallest absolute Gasteiger partial charge is 0.248 e. The van der Waals surface area contributed by atoms with Crippen LogP contribution in [0.25, 0.3) is 0 Å². The number of aromatic nitrogens is 5. The van der Waals surface area contributed by atoms with E-state index in [1.165, 1.54) is 22.3 Å². The number of thiazole rings is 1. The highest BCUT2D eigenvalue weighted by molar-refractivity contribution is 7.13. The molecule has 0 spiro atoms. The average molecular weight is 238 g/mol. The number of carbonyl (C=O) groups is 1. The van der Waals surface area contributed by atoms with Gasteiger partial charge >= 0.3 is 0 Å². The Bertz CT molecular complexity index is 465. The summed E-state index contributed by atoms with van der Waals surface area (Å²) >= 11 is 1.41. The molecule has 0 aliphatic carbocycles. The fraction of sp³-hybridized carbons (Fsp3) is 0.375. The molecular weight excluding hydrogens is 228 g/mol. The van der Waals surface area contributed by atoms with Crippen LogP contribution < -0.4 is 5.32 Å². The number of nitrogens with one attached hydrogen (secondary N) is 1. The highest BCUT2D eigenvalue weighted by atomic mass is 32.1. The van der Waals surface area contributed by atoms with E-state index < -0.39 is 0 Å². The van der Waals surface area contributed by atoms with E-state index in [4.69, 9.17) is 0 Å². The second-order valence-corrected chi connectivity index (χ2v) is 3.91. The van der Waals surface area contributed by atoms with Crippen molar-refractivity contribution in [2.24, 2.45) is 0 Å². The van der Waals surface area contributed by atoms with Gasteiger partial charge in [0.25, 0.3) is 0 Å². The molecule has 84 valence electrons. The fourth-order valence-corrected chi connectivity index (χ4v) is 1.90. The van der Waals surface area contributed by atoms with Gasteiger partial charge < -0.3 is 5.32 Å². The van der Waals surface area contributed by atoms with Crippen LogP contribution in [-0.4, -0.2) is 31.1 Å². The molecule has 0 radical (unpaired) electrons. The van der Waals surface area contributed by atoms with Crippen molar-refractivity contribution in [2.45, 2.75) is 19.9 Å². The Balaban J connectivity index is 1.92. The van der Waals surface area contributed by atoms with E-state index in [1.54, 1.807) is 0 Å². The predicted octanol–water partition coefficient (Wildman–Crippen LogP) is 0.331. The molecule has 7 nitrogen and oxygen atoms in total. The Morgan fingerprint density at radius 1 is 1.62 bits per heavy atom. The van der Waals surface area contributed by atoms with Gasteiger partial charge in [0.05, 0.1) is 5.69 Å². The normalized spacial score (nSPS) is 10.3. The molecule has 2 heterocycles. The van der Waals surface area contributed by atoms with Crippen molar-refractivity contribution in [2.75, 3.05) is 5.32 Å². The molecule has 2 aromatic rings. The molecule has 0 aliphatic rings. The van der Waals surface area contributed by atoms with Crippen LogP contribution in [0.4, 0.5) is 5.13 Å². The third kappa shape index (κ3) is 2.60. The first-order valence-electron chi connectivity index (χ1n) is 4.73. The highest BCUT2D eigenvalue weighted by Crippen LogP contribution is 2.15. The van der Waals surface area contributed by atoms with Crippen molar-refractivity contribution < 1.29 is 4.79 Å². The number of carbonyl (C=O) groups excluding carboxylic acids is 1. The number of aryl methyl sites for hydroxylation is 1. The monoisotopic (exact) mass is 238 g/mol. The third-order valence-corrected chi connectivity index (χ3v) is 2.66. The summed E-state index contributed by atoms with van der Waals surface area (Å²) in [5, 5.41) is 15.7. The second kappa shape index (κ2) is 4.79. The van der Waals surface area contributed by atoms with E-state index >= 15 is 0 Å². The minimum Gasteiger partial charge on any atom is -0.300 e. The molecule has 16 heavy (non-hydrogen) atoms. The summed E-state index contributed by atoms with van der Waals surface area (Å²) in [6.07, 6.45) is 2.25. The van der Waals surface area contributed by atoms with Crippen LogP contribution in [0.5, 0.6) is 0 Å². The van der Waals surface area contributed by atoms with E-state index in [9.17, 15) is 4.79 Å². The number of tetrazole rings is 1. The second-order valence-electron chi connectivity index (χ2n) is 3.05. The number of anilines is 1. The standard InChI is InChI=1S/C8H10N6OS/c1-2-6-4-16-8(10-6)11-7(15)3-14-5-9-12-13-14/h4-5H,2-3H2,1H3,(H,10,11,15). The maximum absolute atomic E-state index is 11.5. The summed E-state index contributed by atoms with van der Waals surface area (Å²) in [6.45, 7) is 2.11. The lowest BCUT2D eigenvalue weighted by molar-refractivity contribution is -0.116. The average Bonchev–Trinajstić information content (AvgIpc) is 2.89. The van der Waals surface area contributed by atoms with Crippen LogP contribution in [0.3, 0.4) is 0 Å². The van der Waals surface area contributed by atoms with Crippen LogP contribution in [-0.2, 0) is 17.8 Å². The van der Waals surface area contributed by atoms with Crippen molar-refractivity contribution in [3.05, 3.63) is 17.4 Å². The van der Waals surface area contributed by atoms with E-state index in [-0.39, 0.29) is 12.5 Å². The number of nitrogens with zero attached hydrogens (tertiary/aromatic N) is 5. The Morgan fingerprint density at radius 2 is 2.50 bits per heavy atom. The van der Waals surface area contributed by atoms with E-state index in [1.807, 2.05) is 12.3 Å². The minimum absolute atomic E-state index is 0.0913. The maximum Gasteiger partial charge on any atom is 0.248 e. The Kier molecular flexibility index (Phi) is 3.20. The number of rotatable bonds is 4. The lowest BCUT2D eigenvalue weighted by Gasteiger charge is -1.99. The summed E-state index contributed by atoms with van der Waals surface area (Å²) in [7, 11) is 0. The van der Waals surface area contributed by atoms with Crippen LogP contribution in [0.15, 0.2) is 11.7 Å². The van der Waals surface area contributed by atoms with Crippen LogP contribution in [0.2, 0.25) is 0 Å². The molecule has 0 unspecified atom stereocenters. The Hall–Kier alpha value is -1.83. The number of amides is 1. The molecule has 1 N–H and O–H groups in total. The molecule has 0 atom stereocenters. The van der Waals surface area contributed by atoms with Gasteiger partial charge in [-0.25, -0.2) is 9.67 Å². The molecule has 2 aromatic heterocycles. The predicted molar refractivity (Wildman–Crippen MR) is 57.9 cm³/mol. The van der Waals surface area contributed by atoms with E-state index in [0.29, 0.717) is 5.13 Å². The molecule has 0 aromatic carbocycles. The molecule has 1 amide bonds. The summed E-state index contributed by atoms with van der Waals surface area (Å²) in [6, 6.07) is 0. The van der Waals surface area contributed by atoms with Gasteiger partial charge in [0.2, 0.25) is 5.91 Å². The largest absolute Gasteiger partial charge is 0.300 e. The van der Waals surface area contributed by atoms with Crippen molar-refractivity contribution >= 4 is 22.4 Å². The van der Waals surface area contributed by atoms with Gasteiger partial charge in [0.1, 0.15) is 12.9 Å². The lowest BCUT2D eigenvalue weighted by atomic mass is 10.4. The molecule has 0 aliphatic heterocycles. The minimum atomic E-state index is -0.190. The zero-order valence-electron chi connectivity index (χ0n) is 8.62. The van der Waals surface area contributed by atoms with Gasteiger partial charge in [0.15, 0.2) is 5.13 Å². The zero-order chi connectivity index (χ0) is 11.4. The van der Waals surface area contributed by atoms with E-state index in [2.05, 4.69) is 25.8 Å². The number of hydrogen-bond donors (Lipinski definition) is 1. The van der Waals surface area contributed by atoms with Gasteiger partial charge in [0, 0.05) is 5.38 Å². The van der Waals surface area contributed by atoms with Gasteiger partial charge in [-0.05, 0) is 16.8 Å². The first kappa shape index (κ1) is 10.7. The topological polar surface area (TPSA) is 85.6 Å². The van der Waals surface area contributed by atoms with Crippen molar-refractivity contribution in [3.8, 4) is 0 Å². The van der Waals surface area contributed by atoms with Crippen molar-refractivity contribution in [3.63, 3.8) is 0 Å². The SMILES string of the molecule is CCc1csc(NC(=O)Cn2cnnn2)n1. The van der Waals surface area contributed by atoms with Crippen molar-refractivity contribution in [1.82, 2.24) is 25.2 Å². The summed E-state index contributed by atoms with van der Waals surface area (Å²) < 4.78 is 1.35. The zero-order valence-corrected chi connectivity index (χ0v) is 9.44. The number of hydrogen-bond acceptors (Lipinski definition) is 6. The molecule has 0 saturated carbocycles. The lowest BCUT2D eigenvalue weighted by Crippen LogP contribution is -2.19. The van der Waals surface area contributed by atoms with Crippen LogP contribution in [0, 0.1) is 0 Å². The molecule has 2 rings (SSSR count). The molecule has 0 saturated heterocycles. The Labute approximate surface area is 95.5 Å². The third-order valence-electron chi connectivity index (χ3n) is 1.86. The van der Waals surface area contributed by atoms with Crippen LogP contribution in [0.1, 0.15) is 12.6 Å².